The molecule has 1 atom stereocenters. The molecule has 0 spiro atoms. The Morgan fingerprint density at radius 2 is 1.69 bits per heavy atom. The van der Waals surface area contributed by atoms with Crippen molar-refractivity contribution in [1.29, 1.82) is 0 Å². The maximum absolute atomic E-state index is 13.1. The van der Waals surface area contributed by atoms with Crippen molar-refractivity contribution in [3.05, 3.63) is 58.7 Å². The Bertz CT molecular complexity index is 1060. The molecule has 2 aromatic rings. The lowest BCUT2D eigenvalue weighted by atomic mass is 9.93. The summed E-state index contributed by atoms with van der Waals surface area (Å²) in [6.45, 7) is 2.21. The number of rotatable bonds is 8. The number of amides is 1. The number of hydrogen-bond donors (Lipinski definition) is 1. The number of aliphatic hydroxyl groups excluding tert-OH is 1. The number of benzene rings is 2. The van der Waals surface area contributed by atoms with E-state index < -0.39 is 17.7 Å². The quantitative estimate of drug-likeness (QED) is 0.382. The van der Waals surface area contributed by atoms with Gasteiger partial charge in [0.1, 0.15) is 11.5 Å². The number of ketones is 1. The van der Waals surface area contributed by atoms with E-state index in [1.807, 2.05) is 0 Å². The number of carbonyl (C=O) groups excluding carboxylic acids is 2. The first-order valence-corrected chi connectivity index (χ1v) is 10.0. The van der Waals surface area contributed by atoms with Crippen LogP contribution in [0.4, 0.5) is 0 Å². The van der Waals surface area contributed by atoms with Gasteiger partial charge in [0.2, 0.25) is 0 Å². The third kappa shape index (κ3) is 4.13. The first-order valence-electron chi connectivity index (χ1n) is 10.0. The van der Waals surface area contributed by atoms with Gasteiger partial charge in [0.15, 0.2) is 11.5 Å². The maximum Gasteiger partial charge on any atom is 0.295 e. The van der Waals surface area contributed by atoms with Gasteiger partial charge < -0.3 is 29.0 Å². The molecule has 1 unspecified atom stereocenters. The summed E-state index contributed by atoms with van der Waals surface area (Å²) in [5.74, 6) is -0.124. The molecule has 1 fully saturated rings. The van der Waals surface area contributed by atoms with Crippen LogP contribution >= 0.6 is 0 Å². The molecule has 0 bridgehead atoms. The molecule has 0 saturated carbocycles. The van der Waals surface area contributed by atoms with E-state index in [9.17, 15) is 14.7 Å². The summed E-state index contributed by atoms with van der Waals surface area (Å²) in [6, 6.07) is 9.43. The number of carbonyl (C=O) groups is 2. The monoisotopic (exact) mass is 441 g/mol. The van der Waals surface area contributed by atoms with Gasteiger partial charge in [-0.2, -0.15) is 0 Å². The van der Waals surface area contributed by atoms with Crippen LogP contribution in [0.2, 0.25) is 0 Å². The number of aliphatic hydroxyl groups is 1. The van der Waals surface area contributed by atoms with Gasteiger partial charge in [-0.1, -0.05) is 6.07 Å². The molecule has 1 aliphatic rings. The minimum absolute atomic E-state index is 0.00610. The number of hydrogen-bond acceptors (Lipinski definition) is 7. The molecule has 0 aromatic heterocycles. The summed E-state index contributed by atoms with van der Waals surface area (Å²) in [7, 11) is 6.09. The summed E-state index contributed by atoms with van der Waals surface area (Å²) in [6.07, 6.45) is 0. The van der Waals surface area contributed by atoms with E-state index in [0.717, 1.165) is 0 Å². The molecule has 0 radical (unpaired) electrons. The summed E-state index contributed by atoms with van der Waals surface area (Å²) in [5, 5.41) is 11.2. The fraction of sp³-hybridized carbons (Fsp3) is 0.333. The van der Waals surface area contributed by atoms with E-state index in [4.69, 9.17) is 18.9 Å². The van der Waals surface area contributed by atoms with Crippen molar-refractivity contribution in [2.75, 3.05) is 41.6 Å². The number of methoxy groups -OCH3 is 4. The van der Waals surface area contributed by atoms with Crippen molar-refractivity contribution in [3.63, 3.8) is 0 Å². The van der Waals surface area contributed by atoms with Gasteiger partial charge in [-0.3, -0.25) is 9.59 Å². The number of nitrogens with zero attached hydrogens (tertiary/aromatic N) is 1. The number of aryl methyl sites for hydroxylation is 1. The normalized spacial score (nSPS) is 17.5. The van der Waals surface area contributed by atoms with Crippen LogP contribution in [-0.2, 0) is 14.3 Å². The van der Waals surface area contributed by atoms with Crippen molar-refractivity contribution in [3.8, 4) is 17.2 Å². The van der Waals surface area contributed by atoms with Crippen molar-refractivity contribution < 1.29 is 33.6 Å². The van der Waals surface area contributed by atoms with Gasteiger partial charge in [0.05, 0.1) is 39.6 Å². The standard InChI is InChI=1S/C24H27NO7/c1-14-12-16(30-3)7-8-17(14)22(26)20-21(25(10-11-29-2)24(28)23(20)27)15-6-9-18(31-4)19(13-15)32-5/h6-9,12-13,21,26H,10-11H2,1-5H3/b22-20+. The van der Waals surface area contributed by atoms with Crippen molar-refractivity contribution in [1.82, 2.24) is 4.90 Å². The molecule has 2 aromatic carbocycles. The third-order valence-electron chi connectivity index (χ3n) is 5.49. The third-order valence-corrected chi connectivity index (χ3v) is 5.49. The molecule has 8 nitrogen and oxygen atoms in total. The lowest BCUT2D eigenvalue weighted by Gasteiger charge is -2.25. The van der Waals surface area contributed by atoms with E-state index in [1.54, 1.807) is 50.4 Å². The van der Waals surface area contributed by atoms with E-state index in [-0.39, 0.29) is 24.5 Å². The molecule has 170 valence electrons. The minimum atomic E-state index is -0.813. The Kier molecular flexibility index (Phi) is 7.05. The Balaban J connectivity index is 2.21. The zero-order chi connectivity index (χ0) is 23.4. The number of ether oxygens (including phenoxy) is 4. The molecule has 0 aliphatic carbocycles. The summed E-state index contributed by atoms with van der Waals surface area (Å²) in [5.41, 5.74) is 1.76. The van der Waals surface area contributed by atoms with Crippen LogP contribution in [0.15, 0.2) is 42.0 Å². The molecule has 1 N–H and O–H groups in total. The highest BCUT2D eigenvalue weighted by molar-refractivity contribution is 6.46. The molecule has 32 heavy (non-hydrogen) atoms. The number of Topliss-reactive ketones (excluding diaryl/α,β-unsaturated/α-hetero) is 1. The molecule has 1 aliphatic heterocycles. The zero-order valence-corrected chi connectivity index (χ0v) is 18.8. The van der Waals surface area contributed by atoms with Gasteiger partial charge in [-0.15, -0.1) is 0 Å². The first kappa shape index (κ1) is 23.1. The Morgan fingerprint density at radius 3 is 2.28 bits per heavy atom. The molecule has 3 rings (SSSR count). The van der Waals surface area contributed by atoms with Gasteiger partial charge in [-0.25, -0.2) is 0 Å². The predicted octanol–water partition coefficient (Wildman–Crippen LogP) is 3.09. The summed E-state index contributed by atoms with van der Waals surface area (Å²) < 4.78 is 21.1. The van der Waals surface area contributed by atoms with Crippen molar-refractivity contribution in [2.45, 2.75) is 13.0 Å². The first-order chi connectivity index (χ1) is 15.4. The fourth-order valence-corrected chi connectivity index (χ4v) is 3.84. The SMILES string of the molecule is COCCN1C(=O)C(=O)/C(=C(/O)c2ccc(OC)cc2C)C1c1ccc(OC)c(OC)c1. The molecule has 1 saturated heterocycles. The largest absolute Gasteiger partial charge is 0.507 e. The van der Waals surface area contributed by atoms with Crippen molar-refractivity contribution >= 4 is 17.4 Å². The fourth-order valence-electron chi connectivity index (χ4n) is 3.84. The predicted molar refractivity (Wildman–Crippen MR) is 118 cm³/mol. The van der Waals surface area contributed by atoms with E-state index in [1.165, 1.54) is 26.2 Å². The van der Waals surface area contributed by atoms with Crippen LogP contribution in [0.5, 0.6) is 17.2 Å². The Morgan fingerprint density at radius 1 is 0.969 bits per heavy atom. The lowest BCUT2D eigenvalue weighted by molar-refractivity contribution is -0.140. The van der Waals surface area contributed by atoms with Gasteiger partial charge in [-0.05, 0) is 48.4 Å². The zero-order valence-electron chi connectivity index (χ0n) is 18.8. The molecule has 1 heterocycles. The highest BCUT2D eigenvalue weighted by atomic mass is 16.5. The van der Waals surface area contributed by atoms with Crippen LogP contribution < -0.4 is 14.2 Å². The number of likely N-dealkylation sites (tertiary alicyclic amines) is 1. The van der Waals surface area contributed by atoms with Crippen LogP contribution in [0.3, 0.4) is 0 Å². The van der Waals surface area contributed by atoms with Gasteiger partial charge in [0.25, 0.3) is 11.7 Å². The van der Waals surface area contributed by atoms with E-state index >= 15 is 0 Å². The van der Waals surface area contributed by atoms with Gasteiger partial charge in [0, 0.05) is 19.2 Å². The summed E-state index contributed by atoms with van der Waals surface area (Å²) in [4.78, 5) is 27.4. The average Bonchev–Trinajstić information content (AvgIpc) is 3.06. The molecule has 8 heteroatoms. The Hall–Kier alpha value is -3.52. The van der Waals surface area contributed by atoms with Crippen LogP contribution in [0.25, 0.3) is 5.76 Å². The minimum Gasteiger partial charge on any atom is -0.507 e. The smallest absolute Gasteiger partial charge is 0.295 e. The topological polar surface area (TPSA) is 94.5 Å². The van der Waals surface area contributed by atoms with E-state index in [2.05, 4.69) is 0 Å². The molecule has 1 amide bonds. The van der Waals surface area contributed by atoms with Crippen LogP contribution in [-0.4, -0.2) is 63.3 Å². The lowest BCUT2D eigenvalue weighted by Crippen LogP contribution is -2.32. The average molecular weight is 441 g/mol. The highest BCUT2D eigenvalue weighted by Crippen LogP contribution is 2.42. The maximum atomic E-state index is 13.1. The van der Waals surface area contributed by atoms with Gasteiger partial charge >= 0.3 is 0 Å². The second-order valence-electron chi connectivity index (χ2n) is 7.28. The van der Waals surface area contributed by atoms with Crippen molar-refractivity contribution in [2.24, 2.45) is 0 Å². The molecular weight excluding hydrogens is 414 g/mol. The highest BCUT2D eigenvalue weighted by Gasteiger charge is 2.46. The Labute approximate surface area is 187 Å². The van der Waals surface area contributed by atoms with Crippen LogP contribution in [0, 0.1) is 6.92 Å². The molecular formula is C24H27NO7. The van der Waals surface area contributed by atoms with E-state index in [0.29, 0.717) is 33.9 Å². The van der Waals surface area contributed by atoms with Crippen LogP contribution in [0.1, 0.15) is 22.7 Å². The second kappa shape index (κ2) is 9.74. The second-order valence-corrected chi connectivity index (χ2v) is 7.28. The summed E-state index contributed by atoms with van der Waals surface area (Å²) >= 11 is 0.